The van der Waals surface area contributed by atoms with Crippen molar-refractivity contribution in [3.8, 4) is 5.75 Å². The lowest BCUT2D eigenvalue weighted by molar-refractivity contribution is 0.306. The van der Waals surface area contributed by atoms with Gasteiger partial charge in [0, 0.05) is 0 Å². The van der Waals surface area contributed by atoms with E-state index in [0.717, 1.165) is 12.2 Å². The molecule has 0 aromatic heterocycles. The van der Waals surface area contributed by atoms with Crippen molar-refractivity contribution in [3.05, 3.63) is 64.7 Å². The molecule has 0 radical (unpaired) electrons. The molecule has 0 aliphatic rings. The first-order chi connectivity index (χ1) is 8.67. The Bertz CT molecular complexity index is 491. The minimum atomic E-state index is 0.632. The zero-order chi connectivity index (χ0) is 13.0. The largest absolute Gasteiger partial charge is 0.489 e. The summed E-state index contributed by atoms with van der Waals surface area (Å²) in [5.74, 6) is 0.951. The molecule has 0 unspecified atom stereocenters. The summed E-state index contributed by atoms with van der Waals surface area (Å²) in [6.45, 7) is 6.99. The molecule has 18 heavy (non-hydrogen) atoms. The van der Waals surface area contributed by atoms with E-state index in [1.165, 1.54) is 22.3 Å². The third kappa shape index (κ3) is 3.36. The van der Waals surface area contributed by atoms with Gasteiger partial charge in [-0.3, -0.25) is 0 Å². The lowest BCUT2D eigenvalue weighted by Crippen LogP contribution is -1.96. The van der Waals surface area contributed by atoms with Crippen LogP contribution < -0.4 is 4.74 Å². The van der Waals surface area contributed by atoms with Gasteiger partial charge in [0.2, 0.25) is 0 Å². The maximum atomic E-state index is 5.83. The first-order valence-electron chi connectivity index (χ1n) is 6.46. The van der Waals surface area contributed by atoms with Crippen molar-refractivity contribution in [1.29, 1.82) is 0 Å². The molecule has 0 N–H and O–H groups in total. The normalized spacial score (nSPS) is 10.4. The van der Waals surface area contributed by atoms with Gasteiger partial charge in [0.25, 0.3) is 0 Å². The van der Waals surface area contributed by atoms with Crippen LogP contribution in [0.4, 0.5) is 0 Å². The highest BCUT2D eigenvalue weighted by molar-refractivity contribution is 5.33. The van der Waals surface area contributed by atoms with Crippen LogP contribution in [-0.4, -0.2) is 0 Å². The summed E-state index contributed by atoms with van der Waals surface area (Å²) in [5, 5.41) is 0. The molecular formula is C17H20O. The molecule has 0 aliphatic heterocycles. The van der Waals surface area contributed by atoms with Crippen LogP contribution in [0.2, 0.25) is 0 Å². The molecule has 0 saturated carbocycles. The van der Waals surface area contributed by atoms with E-state index in [0.29, 0.717) is 6.61 Å². The lowest BCUT2D eigenvalue weighted by Gasteiger charge is -2.08. The van der Waals surface area contributed by atoms with E-state index in [2.05, 4.69) is 63.2 Å². The van der Waals surface area contributed by atoms with E-state index in [-0.39, 0.29) is 0 Å². The second-order valence-corrected chi connectivity index (χ2v) is 4.78. The Labute approximate surface area is 109 Å². The summed E-state index contributed by atoms with van der Waals surface area (Å²) in [4.78, 5) is 0. The highest BCUT2D eigenvalue weighted by Gasteiger charge is 1.98. The SMILES string of the molecule is CCc1ccc(COc2cc(C)cc(C)c2)cc1. The Morgan fingerprint density at radius 1 is 0.833 bits per heavy atom. The Morgan fingerprint density at radius 3 is 1.94 bits per heavy atom. The molecule has 0 heterocycles. The van der Waals surface area contributed by atoms with Crippen LogP contribution in [0.1, 0.15) is 29.2 Å². The van der Waals surface area contributed by atoms with Gasteiger partial charge in [-0.15, -0.1) is 0 Å². The van der Waals surface area contributed by atoms with Gasteiger partial charge in [-0.05, 0) is 54.7 Å². The van der Waals surface area contributed by atoms with Gasteiger partial charge >= 0.3 is 0 Å². The van der Waals surface area contributed by atoms with Crippen molar-refractivity contribution >= 4 is 0 Å². The first kappa shape index (κ1) is 12.7. The molecule has 0 fully saturated rings. The molecular weight excluding hydrogens is 220 g/mol. The molecule has 0 saturated heterocycles. The molecule has 2 aromatic rings. The fourth-order valence-electron chi connectivity index (χ4n) is 2.05. The van der Waals surface area contributed by atoms with Gasteiger partial charge in [-0.25, -0.2) is 0 Å². The molecule has 2 aromatic carbocycles. The molecule has 0 bridgehead atoms. The minimum absolute atomic E-state index is 0.632. The van der Waals surface area contributed by atoms with Gasteiger partial charge in [-0.2, -0.15) is 0 Å². The predicted molar refractivity (Wildman–Crippen MR) is 76.1 cm³/mol. The van der Waals surface area contributed by atoms with E-state index >= 15 is 0 Å². The van der Waals surface area contributed by atoms with Gasteiger partial charge in [0.15, 0.2) is 0 Å². The number of aryl methyl sites for hydroxylation is 3. The summed E-state index contributed by atoms with van der Waals surface area (Å²) in [5.41, 5.74) is 5.06. The van der Waals surface area contributed by atoms with Crippen LogP contribution in [0, 0.1) is 13.8 Å². The van der Waals surface area contributed by atoms with Crippen LogP contribution in [0.5, 0.6) is 5.75 Å². The molecule has 0 spiro atoms. The summed E-state index contributed by atoms with van der Waals surface area (Å²) >= 11 is 0. The topological polar surface area (TPSA) is 9.23 Å². The zero-order valence-electron chi connectivity index (χ0n) is 11.4. The van der Waals surface area contributed by atoms with Crippen molar-refractivity contribution < 1.29 is 4.74 Å². The molecule has 1 heteroatoms. The Hall–Kier alpha value is -1.76. The third-order valence-electron chi connectivity index (χ3n) is 3.03. The van der Waals surface area contributed by atoms with Crippen molar-refractivity contribution in [2.45, 2.75) is 33.8 Å². The Balaban J connectivity index is 2.01. The zero-order valence-corrected chi connectivity index (χ0v) is 11.4. The lowest BCUT2D eigenvalue weighted by atomic mass is 10.1. The summed E-state index contributed by atoms with van der Waals surface area (Å²) < 4.78 is 5.83. The van der Waals surface area contributed by atoms with Crippen LogP contribution in [0.15, 0.2) is 42.5 Å². The number of ether oxygens (including phenoxy) is 1. The van der Waals surface area contributed by atoms with Gasteiger partial charge in [0.1, 0.15) is 12.4 Å². The van der Waals surface area contributed by atoms with E-state index in [1.54, 1.807) is 0 Å². The second kappa shape index (κ2) is 5.72. The quantitative estimate of drug-likeness (QED) is 0.767. The van der Waals surface area contributed by atoms with Crippen LogP contribution >= 0.6 is 0 Å². The third-order valence-corrected chi connectivity index (χ3v) is 3.03. The van der Waals surface area contributed by atoms with Crippen LogP contribution in [-0.2, 0) is 13.0 Å². The van der Waals surface area contributed by atoms with Gasteiger partial charge < -0.3 is 4.74 Å². The van der Waals surface area contributed by atoms with Crippen molar-refractivity contribution in [3.63, 3.8) is 0 Å². The molecule has 94 valence electrons. The van der Waals surface area contributed by atoms with Gasteiger partial charge in [0.05, 0.1) is 0 Å². The van der Waals surface area contributed by atoms with Gasteiger partial charge in [-0.1, -0.05) is 37.3 Å². The first-order valence-corrected chi connectivity index (χ1v) is 6.46. The maximum Gasteiger partial charge on any atom is 0.120 e. The summed E-state index contributed by atoms with van der Waals surface area (Å²) in [6, 6.07) is 14.9. The molecule has 0 atom stereocenters. The molecule has 1 nitrogen and oxygen atoms in total. The van der Waals surface area contributed by atoms with Crippen molar-refractivity contribution in [2.75, 3.05) is 0 Å². The van der Waals surface area contributed by atoms with Crippen LogP contribution in [0.3, 0.4) is 0 Å². The highest BCUT2D eigenvalue weighted by atomic mass is 16.5. The van der Waals surface area contributed by atoms with Crippen molar-refractivity contribution in [1.82, 2.24) is 0 Å². The smallest absolute Gasteiger partial charge is 0.120 e. The standard InChI is InChI=1S/C17H20O/c1-4-15-5-7-16(8-6-15)12-18-17-10-13(2)9-14(3)11-17/h5-11H,4,12H2,1-3H3. The highest BCUT2D eigenvalue weighted by Crippen LogP contribution is 2.17. The van der Waals surface area contributed by atoms with E-state index in [4.69, 9.17) is 4.74 Å². The van der Waals surface area contributed by atoms with E-state index in [9.17, 15) is 0 Å². The fraction of sp³-hybridized carbons (Fsp3) is 0.294. The maximum absolute atomic E-state index is 5.83. The Morgan fingerprint density at radius 2 is 1.39 bits per heavy atom. The fourth-order valence-corrected chi connectivity index (χ4v) is 2.05. The Kier molecular flexibility index (Phi) is 4.03. The second-order valence-electron chi connectivity index (χ2n) is 4.78. The number of benzene rings is 2. The predicted octanol–water partition coefficient (Wildman–Crippen LogP) is 4.44. The molecule has 2 rings (SSSR count). The van der Waals surface area contributed by atoms with E-state index < -0.39 is 0 Å². The molecule has 0 amide bonds. The summed E-state index contributed by atoms with van der Waals surface area (Å²) in [7, 11) is 0. The monoisotopic (exact) mass is 240 g/mol. The van der Waals surface area contributed by atoms with Crippen molar-refractivity contribution in [2.24, 2.45) is 0 Å². The summed E-state index contributed by atoms with van der Waals surface area (Å²) in [6.07, 6.45) is 1.08. The van der Waals surface area contributed by atoms with Crippen LogP contribution in [0.25, 0.3) is 0 Å². The molecule has 0 aliphatic carbocycles. The number of rotatable bonds is 4. The minimum Gasteiger partial charge on any atom is -0.489 e. The number of hydrogen-bond donors (Lipinski definition) is 0. The van der Waals surface area contributed by atoms with E-state index in [1.807, 2.05) is 0 Å². The average Bonchev–Trinajstić information content (AvgIpc) is 2.36. The number of hydrogen-bond acceptors (Lipinski definition) is 1. The average molecular weight is 240 g/mol.